The molecule has 0 unspecified atom stereocenters. The highest BCUT2D eigenvalue weighted by molar-refractivity contribution is 7.89. The van der Waals surface area contributed by atoms with Crippen molar-refractivity contribution in [2.24, 2.45) is 5.92 Å². The summed E-state index contributed by atoms with van der Waals surface area (Å²) in [6, 6.07) is 6.42. The standard InChI is InChI=1S/C14H19N3O3S/c1-10(18)16-12-2-4-13(5-3-12)21(19,20)17-7-6-11-8-15-9-14(11)17/h2-5,11,14-15H,6-9H2,1H3,(H,16,18)/t11-,14+/m0/s1. The molecule has 2 aliphatic heterocycles. The van der Waals surface area contributed by atoms with Gasteiger partial charge in [0.25, 0.3) is 0 Å². The smallest absolute Gasteiger partial charge is 0.243 e. The summed E-state index contributed by atoms with van der Waals surface area (Å²) in [4.78, 5) is 11.3. The number of rotatable bonds is 3. The van der Waals surface area contributed by atoms with Gasteiger partial charge in [0.1, 0.15) is 0 Å². The van der Waals surface area contributed by atoms with E-state index in [0.717, 1.165) is 19.5 Å². The second-order valence-corrected chi connectivity index (χ2v) is 7.49. The van der Waals surface area contributed by atoms with Crippen LogP contribution in [0, 0.1) is 5.92 Å². The zero-order chi connectivity index (χ0) is 15.0. The van der Waals surface area contributed by atoms with Crippen LogP contribution in [0.3, 0.4) is 0 Å². The maximum atomic E-state index is 12.7. The number of amides is 1. The third-order valence-corrected chi connectivity index (χ3v) is 6.11. The highest BCUT2D eigenvalue weighted by Crippen LogP contribution is 2.32. The van der Waals surface area contributed by atoms with Crippen molar-refractivity contribution >= 4 is 21.6 Å². The summed E-state index contributed by atoms with van der Waals surface area (Å²) in [6.45, 7) is 3.64. The van der Waals surface area contributed by atoms with Crippen LogP contribution in [0.5, 0.6) is 0 Å². The van der Waals surface area contributed by atoms with Gasteiger partial charge in [-0.15, -0.1) is 0 Å². The molecule has 1 amide bonds. The molecule has 0 saturated carbocycles. The SMILES string of the molecule is CC(=O)Nc1ccc(S(=O)(=O)N2CC[C@H]3CNC[C@H]32)cc1. The summed E-state index contributed by atoms with van der Waals surface area (Å²) in [7, 11) is -3.46. The first-order valence-corrected chi connectivity index (χ1v) is 8.53. The Kier molecular flexibility index (Phi) is 3.73. The number of fused-ring (bicyclic) bond motifs is 1. The molecule has 2 aliphatic rings. The number of carbonyl (C=O) groups is 1. The number of hydrogen-bond acceptors (Lipinski definition) is 4. The van der Waals surface area contributed by atoms with Crippen LogP contribution in [-0.4, -0.2) is 44.3 Å². The fourth-order valence-electron chi connectivity index (χ4n) is 3.16. The van der Waals surface area contributed by atoms with Crippen molar-refractivity contribution in [1.82, 2.24) is 9.62 Å². The zero-order valence-corrected chi connectivity index (χ0v) is 12.7. The van der Waals surface area contributed by atoms with E-state index in [-0.39, 0.29) is 16.8 Å². The average molecular weight is 309 g/mol. The van der Waals surface area contributed by atoms with Crippen molar-refractivity contribution < 1.29 is 13.2 Å². The minimum atomic E-state index is -3.46. The molecule has 6 nitrogen and oxygen atoms in total. The average Bonchev–Trinajstić information content (AvgIpc) is 3.00. The van der Waals surface area contributed by atoms with Crippen LogP contribution in [0.25, 0.3) is 0 Å². The van der Waals surface area contributed by atoms with E-state index in [1.807, 2.05) is 0 Å². The quantitative estimate of drug-likeness (QED) is 0.858. The van der Waals surface area contributed by atoms with E-state index >= 15 is 0 Å². The van der Waals surface area contributed by atoms with Crippen molar-refractivity contribution in [3.05, 3.63) is 24.3 Å². The maximum Gasteiger partial charge on any atom is 0.243 e. The number of benzene rings is 1. The number of sulfonamides is 1. The third-order valence-electron chi connectivity index (χ3n) is 4.18. The lowest BCUT2D eigenvalue weighted by molar-refractivity contribution is -0.114. The largest absolute Gasteiger partial charge is 0.326 e. The third kappa shape index (κ3) is 2.68. The van der Waals surface area contributed by atoms with Gasteiger partial charge < -0.3 is 10.6 Å². The molecule has 2 heterocycles. The molecule has 2 saturated heterocycles. The summed E-state index contributed by atoms with van der Waals surface area (Å²) in [5, 5.41) is 5.89. The van der Waals surface area contributed by atoms with E-state index in [9.17, 15) is 13.2 Å². The predicted molar refractivity (Wildman–Crippen MR) is 79.4 cm³/mol. The molecule has 2 N–H and O–H groups in total. The van der Waals surface area contributed by atoms with Crippen molar-refractivity contribution in [2.75, 3.05) is 25.0 Å². The van der Waals surface area contributed by atoms with E-state index in [1.165, 1.54) is 6.92 Å². The first-order chi connectivity index (χ1) is 9.98. The highest BCUT2D eigenvalue weighted by atomic mass is 32.2. The van der Waals surface area contributed by atoms with E-state index in [1.54, 1.807) is 28.6 Å². The lowest BCUT2D eigenvalue weighted by Crippen LogP contribution is -2.38. The topological polar surface area (TPSA) is 78.5 Å². The molecule has 1 aromatic carbocycles. The van der Waals surface area contributed by atoms with Gasteiger partial charge in [-0.25, -0.2) is 8.42 Å². The number of nitrogens with one attached hydrogen (secondary N) is 2. The second kappa shape index (κ2) is 5.40. The predicted octanol–water partition coefficient (Wildman–Crippen LogP) is 0.627. The first-order valence-electron chi connectivity index (χ1n) is 7.09. The monoisotopic (exact) mass is 309 g/mol. The Morgan fingerprint density at radius 1 is 1.29 bits per heavy atom. The lowest BCUT2D eigenvalue weighted by Gasteiger charge is -2.22. The van der Waals surface area contributed by atoms with Crippen LogP contribution < -0.4 is 10.6 Å². The van der Waals surface area contributed by atoms with Crippen LogP contribution in [0.2, 0.25) is 0 Å². The van der Waals surface area contributed by atoms with Gasteiger partial charge in [-0.3, -0.25) is 4.79 Å². The Morgan fingerprint density at radius 2 is 2.00 bits per heavy atom. The number of carbonyl (C=O) groups excluding carboxylic acids is 1. The normalized spacial score (nSPS) is 25.8. The Labute approximate surface area is 124 Å². The van der Waals surface area contributed by atoms with Crippen molar-refractivity contribution in [3.63, 3.8) is 0 Å². The second-order valence-electron chi connectivity index (χ2n) is 5.60. The van der Waals surface area contributed by atoms with E-state index < -0.39 is 10.0 Å². The summed E-state index contributed by atoms with van der Waals surface area (Å²) in [6.07, 6.45) is 0.918. The van der Waals surface area contributed by atoms with Crippen molar-refractivity contribution in [1.29, 1.82) is 0 Å². The Bertz CT molecular complexity index is 642. The maximum absolute atomic E-state index is 12.7. The van der Waals surface area contributed by atoms with Crippen LogP contribution in [0.15, 0.2) is 29.2 Å². The molecule has 2 atom stereocenters. The van der Waals surface area contributed by atoms with Gasteiger partial charge in [-0.05, 0) is 43.1 Å². The van der Waals surface area contributed by atoms with E-state index in [4.69, 9.17) is 0 Å². The van der Waals surface area contributed by atoms with Crippen LogP contribution in [0.4, 0.5) is 5.69 Å². The molecule has 1 aromatic rings. The van der Waals surface area contributed by atoms with Gasteiger partial charge in [0.2, 0.25) is 15.9 Å². The van der Waals surface area contributed by atoms with Crippen LogP contribution in [-0.2, 0) is 14.8 Å². The number of hydrogen-bond donors (Lipinski definition) is 2. The Balaban J connectivity index is 1.83. The summed E-state index contributed by atoms with van der Waals surface area (Å²) in [5.41, 5.74) is 0.600. The molecule has 3 rings (SSSR count). The van der Waals surface area contributed by atoms with Gasteiger partial charge in [-0.2, -0.15) is 4.31 Å². The molecule has 7 heteroatoms. The minimum absolute atomic E-state index is 0.0741. The van der Waals surface area contributed by atoms with E-state index in [0.29, 0.717) is 18.2 Å². The molecular formula is C14H19N3O3S. The van der Waals surface area contributed by atoms with Crippen LogP contribution in [0.1, 0.15) is 13.3 Å². The summed E-state index contributed by atoms with van der Waals surface area (Å²) < 4.78 is 27.1. The number of nitrogens with zero attached hydrogens (tertiary/aromatic N) is 1. The molecule has 0 bridgehead atoms. The van der Waals surface area contributed by atoms with E-state index in [2.05, 4.69) is 10.6 Å². The molecule has 21 heavy (non-hydrogen) atoms. The van der Waals surface area contributed by atoms with Gasteiger partial charge in [0, 0.05) is 31.7 Å². The lowest BCUT2D eigenvalue weighted by atomic mass is 10.1. The molecule has 0 radical (unpaired) electrons. The van der Waals surface area contributed by atoms with Gasteiger partial charge in [0.15, 0.2) is 0 Å². The fourth-order valence-corrected chi connectivity index (χ4v) is 4.86. The summed E-state index contributed by atoms with van der Waals surface area (Å²) >= 11 is 0. The minimum Gasteiger partial charge on any atom is -0.326 e. The van der Waals surface area contributed by atoms with Crippen molar-refractivity contribution in [2.45, 2.75) is 24.3 Å². The fraction of sp³-hybridized carbons (Fsp3) is 0.500. The molecule has 0 spiro atoms. The Hall–Kier alpha value is -1.44. The van der Waals surface area contributed by atoms with Gasteiger partial charge in [-0.1, -0.05) is 0 Å². The van der Waals surface area contributed by atoms with Crippen molar-refractivity contribution in [3.8, 4) is 0 Å². The number of anilines is 1. The highest BCUT2D eigenvalue weighted by Gasteiger charge is 2.43. The molecule has 2 fully saturated rings. The molecular weight excluding hydrogens is 290 g/mol. The molecule has 0 aromatic heterocycles. The Morgan fingerprint density at radius 3 is 2.67 bits per heavy atom. The first kappa shape index (κ1) is 14.5. The summed E-state index contributed by atoms with van der Waals surface area (Å²) in [5.74, 6) is 0.253. The zero-order valence-electron chi connectivity index (χ0n) is 11.9. The van der Waals surface area contributed by atoms with Gasteiger partial charge in [0.05, 0.1) is 4.90 Å². The molecule has 114 valence electrons. The molecule has 0 aliphatic carbocycles. The van der Waals surface area contributed by atoms with Crippen LogP contribution >= 0.6 is 0 Å². The van der Waals surface area contributed by atoms with Gasteiger partial charge >= 0.3 is 0 Å².